The third kappa shape index (κ3) is 3.44. The van der Waals surface area contributed by atoms with Crippen molar-refractivity contribution in [2.24, 2.45) is 11.3 Å². The smallest absolute Gasteiger partial charge is 0.416 e. The first-order valence-corrected chi connectivity index (χ1v) is 10.4. The fourth-order valence-electron chi connectivity index (χ4n) is 5.63. The average molecular weight is 454 g/mol. The molecule has 1 saturated carbocycles. The van der Waals surface area contributed by atoms with Crippen LogP contribution in [0.4, 0.5) is 22.0 Å². The first kappa shape index (κ1) is 22.6. The van der Waals surface area contributed by atoms with Crippen LogP contribution in [0.5, 0.6) is 5.75 Å². The van der Waals surface area contributed by atoms with Gasteiger partial charge in [0.1, 0.15) is 5.82 Å². The van der Waals surface area contributed by atoms with Gasteiger partial charge < -0.3 is 9.47 Å². The summed E-state index contributed by atoms with van der Waals surface area (Å²) in [6.07, 6.45) is -2.89. The summed E-state index contributed by atoms with van der Waals surface area (Å²) in [4.78, 5) is 12.8. The van der Waals surface area contributed by atoms with Crippen molar-refractivity contribution in [3.63, 3.8) is 0 Å². The summed E-state index contributed by atoms with van der Waals surface area (Å²) in [6.45, 7) is 1.70. The molecule has 0 aromatic heterocycles. The van der Waals surface area contributed by atoms with E-state index >= 15 is 4.39 Å². The Morgan fingerprint density at radius 1 is 1.09 bits per heavy atom. The molecular formula is C24H23F5O3. The topological polar surface area (TPSA) is 35.5 Å². The molecule has 1 aliphatic carbocycles. The molecule has 2 aromatic carbocycles. The van der Waals surface area contributed by atoms with E-state index in [4.69, 9.17) is 9.47 Å². The van der Waals surface area contributed by atoms with E-state index in [9.17, 15) is 22.4 Å². The van der Waals surface area contributed by atoms with Gasteiger partial charge in [-0.25, -0.2) is 8.78 Å². The Labute approximate surface area is 182 Å². The van der Waals surface area contributed by atoms with Gasteiger partial charge in [-0.05, 0) is 56.0 Å². The van der Waals surface area contributed by atoms with Crippen LogP contribution in [0.25, 0.3) is 0 Å². The van der Waals surface area contributed by atoms with Gasteiger partial charge in [-0.15, -0.1) is 0 Å². The molecule has 1 unspecified atom stereocenters. The predicted molar refractivity (Wildman–Crippen MR) is 106 cm³/mol. The van der Waals surface area contributed by atoms with E-state index in [0.29, 0.717) is 24.8 Å². The number of carbonyl (C=O) groups excluding carboxylic acids is 1. The number of hydrogen-bond acceptors (Lipinski definition) is 3. The van der Waals surface area contributed by atoms with Crippen LogP contribution in [-0.2, 0) is 27.5 Å². The third-order valence-electron chi connectivity index (χ3n) is 7.16. The molecule has 3 atom stereocenters. The SMILES string of the molecule is COC(=O)C1(C)CCC[C@@]2(Cc3ccc(C(F)(F)F)cc3)c3c(F)ccc(F)c3OC[C@@H]12. The molecule has 0 spiro atoms. The number of halogens is 5. The number of esters is 1. The van der Waals surface area contributed by atoms with Crippen LogP contribution in [0.15, 0.2) is 36.4 Å². The summed E-state index contributed by atoms with van der Waals surface area (Å²) >= 11 is 0. The first-order chi connectivity index (χ1) is 15.0. The standard InChI is InChI=1S/C24H23F5O3/c1-22(21(30)31-2)10-3-11-23(12-14-4-6-15(7-5-14)24(27,28)29)18(22)13-32-20-17(26)9-8-16(25)19(20)23/h4-9,18H,3,10-13H2,1-2H3/t18-,22?,23-/m0/s1. The van der Waals surface area contributed by atoms with Gasteiger partial charge in [0.2, 0.25) is 0 Å². The van der Waals surface area contributed by atoms with Crippen molar-refractivity contribution in [1.29, 1.82) is 0 Å². The quantitative estimate of drug-likeness (QED) is 0.432. The number of methoxy groups -OCH3 is 1. The molecule has 4 rings (SSSR count). The largest absolute Gasteiger partial charge is 0.490 e. The molecule has 3 nitrogen and oxygen atoms in total. The van der Waals surface area contributed by atoms with Crippen molar-refractivity contribution in [2.75, 3.05) is 13.7 Å². The van der Waals surface area contributed by atoms with E-state index in [1.54, 1.807) is 6.92 Å². The van der Waals surface area contributed by atoms with Gasteiger partial charge >= 0.3 is 12.1 Å². The maximum absolute atomic E-state index is 15.2. The van der Waals surface area contributed by atoms with E-state index < -0.39 is 46.1 Å². The zero-order valence-electron chi connectivity index (χ0n) is 17.7. The van der Waals surface area contributed by atoms with Crippen molar-refractivity contribution in [3.8, 4) is 5.75 Å². The van der Waals surface area contributed by atoms with Crippen LogP contribution in [-0.4, -0.2) is 19.7 Å². The molecule has 2 aromatic rings. The zero-order chi connectivity index (χ0) is 23.3. The molecule has 0 N–H and O–H groups in total. The molecule has 0 bridgehead atoms. The van der Waals surface area contributed by atoms with Gasteiger partial charge in [-0.3, -0.25) is 4.79 Å². The molecule has 0 radical (unpaired) electrons. The number of carbonyl (C=O) groups is 1. The molecule has 8 heteroatoms. The Morgan fingerprint density at radius 3 is 2.38 bits per heavy atom. The summed E-state index contributed by atoms with van der Waals surface area (Å²) in [5, 5.41) is 0. The number of rotatable bonds is 3. The number of ether oxygens (including phenoxy) is 2. The Kier molecular flexibility index (Phi) is 5.46. The lowest BCUT2D eigenvalue weighted by atomic mass is 9.50. The minimum Gasteiger partial charge on any atom is -0.490 e. The van der Waals surface area contributed by atoms with E-state index in [-0.39, 0.29) is 24.3 Å². The summed E-state index contributed by atoms with van der Waals surface area (Å²) in [5.74, 6) is -2.59. The molecular weight excluding hydrogens is 431 g/mol. The molecule has 0 amide bonds. The second-order valence-corrected chi connectivity index (χ2v) is 8.89. The van der Waals surface area contributed by atoms with E-state index in [2.05, 4.69) is 0 Å². The van der Waals surface area contributed by atoms with Crippen molar-refractivity contribution in [3.05, 3.63) is 64.7 Å². The minimum absolute atomic E-state index is 0.0282. The van der Waals surface area contributed by atoms with Crippen LogP contribution in [0, 0.1) is 23.0 Å². The second-order valence-electron chi connectivity index (χ2n) is 8.89. The van der Waals surface area contributed by atoms with Gasteiger partial charge in [0.15, 0.2) is 11.6 Å². The number of fused-ring (bicyclic) bond motifs is 3. The maximum Gasteiger partial charge on any atom is 0.416 e. The van der Waals surface area contributed by atoms with Crippen molar-refractivity contribution in [2.45, 2.75) is 44.2 Å². The lowest BCUT2D eigenvalue weighted by Crippen LogP contribution is -2.57. The van der Waals surface area contributed by atoms with Crippen LogP contribution in [0.3, 0.4) is 0 Å². The van der Waals surface area contributed by atoms with E-state index in [1.165, 1.54) is 19.2 Å². The highest BCUT2D eigenvalue weighted by molar-refractivity contribution is 5.77. The highest BCUT2D eigenvalue weighted by atomic mass is 19.4. The Hall–Kier alpha value is -2.64. The Bertz CT molecular complexity index is 1030. The van der Waals surface area contributed by atoms with Crippen LogP contribution >= 0.6 is 0 Å². The maximum atomic E-state index is 15.2. The number of benzene rings is 2. The highest BCUT2D eigenvalue weighted by Gasteiger charge is 2.60. The fourth-order valence-corrected chi connectivity index (χ4v) is 5.63. The molecule has 1 fully saturated rings. The van der Waals surface area contributed by atoms with Gasteiger partial charge in [0, 0.05) is 16.9 Å². The molecule has 172 valence electrons. The van der Waals surface area contributed by atoms with Crippen LogP contribution in [0.2, 0.25) is 0 Å². The monoisotopic (exact) mass is 454 g/mol. The van der Waals surface area contributed by atoms with E-state index in [0.717, 1.165) is 24.3 Å². The lowest BCUT2D eigenvalue weighted by Gasteiger charge is -2.54. The van der Waals surface area contributed by atoms with Crippen LogP contribution < -0.4 is 4.74 Å². The highest BCUT2D eigenvalue weighted by Crippen LogP contribution is 2.59. The summed E-state index contributed by atoms with van der Waals surface area (Å²) in [7, 11) is 1.28. The molecule has 32 heavy (non-hydrogen) atoms. The molecule has 2 aliphatic rings. The van der Waals surface area contributed by atoms with Gasteiger partial charge in [0.25, 0.3) is 0 Å². The lowest BCUT2D eigenvalue weighted by molar-refractivity contribution is -0.163. The van der Waals surface area contributed by atoms with E-state index in [1.807, 2.05) is 0 Å². The predicted octanol–water partition coefficient (Wildman–Crippen LogP) is 5.84. The fraction of sp³-hybridized carbons (Fsp3) is 0.458. The normalized spacial score (nSPS) is 27.2. The Morgan fingerprint density at radius 2 is 1.75 bits per heavy atom. The summed E-state index contributed by atoms with van der Waals surface area (Å²) < 4.78 is 79.6. The summed E-state index contributed by atoms with van der Waals surface area (Å²) in [6, 6.07) is 6.67. The van der Waals surface area contributed by atoms with Crippen molar-refractivity contribution < 1.29 is 36.2 Å². The number of hydrogen-bond donors (Lipinski definition) is 0. The zero-order valence-corrected chi connectivity index (χ0v) is 17.7. The molecule has 1 heterocycles. The number of alkyl halides is 3. The van der Waals surface area contributed by atoms with Crippen LogP contribution in [0.1, 0.15) is 42.9 Å². The second kappa shape index (κ2) is 7.74. The third-order valence-corrected chi connectivity index (χ3v) is 7.16. The first-order valence-electron chi connectivity index (χ1n) is 10.4. The molecule has 1 aliphatic heterocycles. The minimum atomic E-state index is -4.48. The Balaban J connectivity index is 1.87. The van der Waals surface area contributed by atoms with Crippen molar-refractivity contribution in [1.82, 2.24) is 0 Å². The summed E-state index contributed by atoms with van der Waals surface area (Å²) in [5.41, 5.74) is -2.27. The molecule has 0 saturated heterocycles. The van der Waals surface area contributed by atoms with Gasteiger partial charge in [-0.2, -0.15) is 13.2 Å². The van der Waals surface area contributed by atoms with Crippen molar-refractivity contribution >= 4 is 5.97 Å². The van der Waals surface area contributed by atoms with Gasteiger partial charge in [-0.1, -0.05) is 18.6 Å². The average Bonchev–Trinajstić information content (AvgIpc) is 2.75. The van der Waals surface area contributed by atoms with Gasteiger partial charge in [0.05, 0.1) is 24.7 Å².